The van der Waals surface area contributed by atoms with Crippen molar-refractivity contribution in [3.05, 3.63) is 59.9 Å². The van der Waals surface area contributed by atoms with Gasteiger partial charge in [-0.3, -0.25) is 4.57 Å². The number of halogens is 1. The summed E-state index contributed by atoms with van der Waals surface area (Å²) in [6.07, 6.45) is 1.68. The van der Waals surface area contributed by atoms with Crippen molar-refractivity contribution in [1.29, 1.82) is 0 Å². The molecule has 3 aromatic rings. The van der Waals surface area contributed by atoms with Gasteiger partial charge in [0, 0.05) is 10.8 Å². The molecule has 0 fully saturated rings. The summed E-state index contributed by atoms with van der Waals surface area (Å²) in [7, 11) is 1.65. The maximum Gasteiger partial charge on any atom is 0.195 e. The fraction of sp³-hybridized carbons (Fsp3) is 0.176. The first kappa shape index (κ1) is 16.7. The minimum atomic E-state index is 0.545. The highest BCUT2D eigenvalue weighted by molar-refractivity contribution is 7.99. The van der Waals surface area contributed by atoms with Crippen molar-refractivity contribution in [2.45, 2.75) is 5.16 Å². The Hall–Kier alpha value is -2.18. The van der Waals surface area contributed by atoms with E-state index < -0.39 is 0 Å². The van der Waals surface area contributed by atoms with Crippen LogP contribution in [-0.4, -0.2) is 34.2 Å². The Balaban J connectivity index is 1.62. The second kappa shape index (κ2) is 8.08. The molecule has 124 valence electrons. The quantitative estimate of drug-likeness (QED) is 0.468. The number of hydrogen-bond acceptors (Lipinski definition) is 5. The standard InChI is InChI=1S/C17H16ClN3O2S/c1-22-16-8-3-2-7-15(16)21-12-19-20-17(21)24-10-9-23-14-6-4-5-13(18)11-14/h2-8,11-12H,9-10H2,1H3. The van der Waals surface area contributed by atoms with Gasteiger partial charge in [-0.15, -0.1) is 10.2 Å². The molecule has 0 saturated carbocycles. The minimum Gasteiger partial charge on any atom is -0.495 e. The molecule has 2 aromatic carbocycles. The molecular formula is C17H16ClN3O2S. The number of nitrogens with zero attached hydrogens (tertiary/aromatic N) is 3. The number of aromatic nitrogens is 3. The fourth-order valence-corrected chi connectivity index (χ4v) is 3.09. The molecule has 0 atom stereocenters. The highest BCUT2D eigenvalue weighted by atomic mass is 35.5. The van der Waals surface area contributed by atoms with E-state index in [-0.39, 0.29) is 0 Å². The van der Waals surface area contributed by atoms with E-state index in [0.717, 1.165) is 28.1 Å². The zero-order valence-corrected chi connectivity index (χ0v) is 14.6. The average molecular weight is 362 g/mol. The van der Waals surface area contributed by atoms with Crippen LogP contribution in [0.15, 0.2) is 60.0 Å². The monoisotopic (exact) mass is 361 g/mol. The first-order chi connectivity index (χ1) is 11.8. The summed E-state index contributed by atoms with van der Waals surface area (Å²) in [5.41, 5.74) is 0.906. The van der Waals surface area contributed by atoms with Gasteiger partial charge in [0.1, 0.15) is 17.8 Å². The molecule has 0 amide bonds. The summed E-state index contributed by atoms with van der Waals surface area (Å²) >= 11 is 7.50. The SMILES string of the molecule is COc1ccccc1-n1cnnc1SCCOc1cccc(Cl)c1. The van der Waals surface area contributed by atoms with Crippen molar-refractivity contribution in [3.8, 4) is 17.2 Å². The molecule has 3 rings (SSSR count). The Morgan fingerprint density at radius 2 is 2.04 bits per heavy atom. The Morgan fingerprint density at radius 1 is 1.17 bits per heavy atom. The van der Waals surface area contributed by atoms with Crippen LogP contribution in [0.1, 0.15) is 0 Å². The van der Waals surface area contributed by atoms with Gasteiger partial charge in [0.25, 0.3) is 0 Å². The molecule has 0 unspecified atom stereocenters. The van der Waals surface area contributed by atoms with Gasteiger partial charge in [-0.2, -0.15) is 0 Å². The highest BCUT2D eigenvalue weighted by Gasteiger charge is 2.11. The molecule has 1 aromatic heterocycles. The molecule has 7 heteroatoms. The molecule has 24 heavy (non-hydrogen) atoms. The number of benzene rings is 2. The summed E-state index contributed by atoms with van der Waals surface area (Å²) in [5.74, 6) is 2.27. The van der Waals surface area contributed by atoms with Crippen molar-refractivity contribution in [3.63, 3.8) is 0 Å². The maximum absolute atomic E-state index is 5.94. The largest absolute Gasteiger partial charge is 0.495 e. The zero-order valence-electron chi connectivity index (χ0n) is 13.1. The first-order valence-electron chi connectivity index (χ1n) is 7.32. The second-order valence-corrected chi connectivity index (χ2v) is 6.31. The smallest absolute Gasteiger partial charge is 0.195 e. The Kier molecular flexibility index (Phi) is 5.61. The normalized spacial score (nSPS) is 10.6. The predicted molar refractivity (Wildman–Crippen MR) is 95.6 cm³/mol. The van der Waals surface area contributed by atoms with Crippen molar-refractivity contribution in [1.82, 2.24) is 14.8 Å². The molecule has 5 nitrogen and oxygen atoms in total. The van der Waals surface area contributed by atoms with E-state index in [1.165, 1.54) is 0 Å². The van der Waals surface area contributed by atoms with E-state index in [1.807, 2.05) is 47.0 Å². The van der Waals surface area contributed by atoms with Crippen molar-refractivity contribution < 1.29 is 9.47 Å². The van der Waals surface area contributed by atoms with Gasteiger partial charge in [-0.25, -0.2) is 0 Å². The van der Waals surface area contributed by atoms with E-state index in [2.05, 4.69) is 10.2 Å². The molecule has 0 aliphatic rings. The van der Waals surface area contributed by atoms with Crippen LogP contribution in [0.25, 0.3) is 5.69 Å². The van der Waals surface area contributed by atoms with Crippen LogP contribution < -0.4 is 9.47 Å². The van der Waals surface area contributed by atoms with Crippen LogP contribution in [0.5, 0.6) is 11.5 Å². The van der Waals surface area contributed by atoms with Crippen LogP contribution >= 0.6 is 23.4 Å². The molecule has 0 saturated heterocycles. The van der Waals surface area contributed by atoms with Gasteiger partial charge >= 0.3 is 0 Å². The topological polar surface area (TPSA) is 49.2 Å². The molecule has 1 heterocycles. The Labute approximate surface area is 149 Å². The van der Waals surface area contributed by atoms with Crippen LogP contribution in [0.4, 0.5) is 0 Å². The van der Waals surface area contributed by atoms with Gasteiger partial charge in [-0.05, 0) is 30.3 Å². The fourth-order valence-electron chi connectivity index (χ4n) is 2.17. The van der Waals surface area contributed by atoms with Crippen LogP contribution in [0.2, 0.25) is 5.02 Å². The third-order valence-corrected chi connectivity index (χ3v) is 4.38. The van der Waals surface area contributed by atoms with Crippen LogP contribution in [0, 0.1) is 0 Å². The minimum absolute atomic E-state index is 0.545. The van der Waals surface area contributed by atoms with Crippen molar-refractivity contribution in [2.24, 2.45) is 0 Å². The Morgan fingerprint density at radius 3 is 2.88 bits per heavy atom. The third kappa shape index (κ3) is 4.01. The summed E-state index contributed by atoms with van der Waals surface area (Å²) in [6, 6.07) is 15.1. The maximum atomic E-state index is 5.94. The lowest BCUT2D eigenvalue weighted by molar-refractivity contribution is 0.344. The second-order valence-electron chi connectivity index (χ2n) is 4.81. The van der Waals surface area contributed by atoms with Gasteiger partial charge in [0.2, 0.25) is 0 Å². The molecule has 0 radical (unpaired) electrons. The molecule has 0 N–H and O–H groups in total. The lowest BCUT2D eigenvalue weighted by atomic mass is 10.3. The third-order valence-electron chi connectivity index (χ3n) is 3.24. The van der Waals surface area contributed by atoms with E-state index in [9.17, 15) is 0 Å². The first-order valence-corrected chi connectivity index (χ1v) is 8.69. The summed E-state index contributed by atoms with van der Waals surface area (Å²) in [5, 5.41) is 9.62. The summed E-state index contributed by atoms with van der Waals surface area (Å²) in [4.78, 5) is 0. The van der Waals surface area contributed by atoms with Gasteiger partial charge < -0.3 is 9.47 Å². The lowest BCUT2D eigenvalue weighted by Crippen LogP contribution is -2.03. The Bertz CT molecular complexity index is 810. The molecule has 0 aliphatic carbocycles. The van der Waals surface area contributed by atoms with E-state index >= 15 is 0 Å². The highest BCUT2D eigenvalue weighted by Crippen LogP contribution is 2.26. The molecule has 0 spiro atoms. The van der Waals surface area contributed by atoms with E-state index in [4.69, 9.17) is 21.1 Å². The van der Waals surface area contributed by atoms with Crippen LogP contribution in [0.3, 0.4) is 0 Å². The van der Waals surface area contributed by atoms with E-state index in [0.29, 0.717) is 11.6 Å². The molecular weight excluding hydrogens is 346 g/mol. The summed E-state index contributed by atoms with van der Waals surface area (Å²) in [6.45, 7) is 0.545. The van der Waals surface area contributed by atoms with Crippen molar-refractivity contribution >= 4 is 23.4 Å². The number of thioether (sulfide) groups is 1. The van der Waals surface area contributed by atoms with Crippen LogP contribution in [-0.2, 0) is 0 Å². The van der Waals surface area contributed by atoms with Gasteiger partial charge in [-0.1, -0.05) is 41.6 Å². The summed E-state index contributed by atoms with van der Waals surface area (Å²) < 4.78 is 13.0. The number of rotatable bonds is 7. The molecule has 0 bridgehead atoms. The average Bonchev–Trinajstić information content (AvgIpc) is 3.07. The number of para-hydroxylation sites is 2. The molecule has 0 aliphatic heterocycles. The number of hydrogen-bond donors (Lipinski definition) is 0. The lowest BCUT2D eigenvalue weighted by Gasteiger charge is -2.11. The van der Waals surface area contributed by atoms with Gasteiger partial charge in [0.05, 0.1) is 19.4 Å². The number of methoxy groups -OCH3 is 1. The van der Waals surface area contributed by atoms with Gasteiger partial charge in [0.15, 0.2) is 5.16 Å². The predicted octanol–water partition coefficient (Wildman–Crippen LogP) is 4.10. The van der Waals surface area contributed by atoms with E-state index in [1.54, 1.807) is 31.3 Å². The number of ether oxygens (including phenoxy) is 2. The zero-order chi connectivity index (χ0) is 16.8. The van der Waals surface area contributed by atoms with Crippen molar-refractivity contribution in [2.75, 3.05) is 19.5 Å².